The van der Waals surface area contributed by atoms with E-state index in [1.165, 1.54) is 17.1 Å². The van der Waals surface area contributed by atoms with E-state index in [-0.39, 0.29) is 6.04 Å². The molecule has 1 fully saturated rings. The highest BCUT2D eigenvalue weighted by molar-refractivity contribution is 8.06. The number of benzene rings is 1. The first-order valence-corrected chi connectivity index (χ1v) is 8.76. The summed E-state index contributed by atoms with van der Waals surface area (Å²) in [5, 5.41) is 1.76. The van der Waals surface area contributed by atoms with Gasteiger partial charge in [-0.2, -0.15) is 23.5 Å². The zero-order chi connectivity index (χ0) is 13.0. The smallest absolute Gasteiger partial charge is 0.0595 e. The average Bonchev–Trinajstić information content (AvgIpc) is 2.41. The van der Waals surface area contributed by atoms with Crippen LogP contribution < -0.4 is 11.3 Å². The van der Waals surface area contributed by atoms with E-state index < -0.39 is 0 Å². The lowest BCUT2D eigenvalue weighted by Crippen LogP contribution is -2.46. The van der Waals surface area contributed by atoms with Crippen molar-refractivity contribution in [2.45, 2.75) is 17.7 Å². The average molecular weight is 323 g/mol. The van der Waals surface area contributed by atoms with Gasteiger partial charge in [-0.1, -0.05) is 29.3 Å². The fourth-order valence-electron chi connectivity index (χ4n) is 1.96. The van der Waals surface area contributed by atoms with Crippen LogP contribution in [0, 0.1) is 0 Å². The number of hydrazine groups is 1. The number of nitrogens with two attached hydrogens (primary N) is 1. The van der Waals surface area contributed by atoms with Crippen molar-refractivity contribution in [3.8, 4) is 0 Å². The van der Waals surface area contributed by atoms with Crippen LogP contribution in [0.5, 0.6) is 0 Å². The Morgan fingerprint density at radius 1 is 1.33 bits per heavy atom. The second-order valence-corrected chi connectivity index (χ2v) is 7.52. The SMILES string of the molecule is NNC(Cc1ccc(Cl)c(Cl)c1)C1CSCCS1. The van der Waals surface area contributed by atoms with Crippen molar-refractivity contribution in [1.29, 1.82) is 0 Å². The van der Waals surface area contributed by atoms with E-state index >= 15 is 0 Å². The van der Waals surface area contributed by atoms with E-state index in [0.717, 1.165) is 12.2 Å². The fraction of sp³-hybridized carbons (Fsp3) is 0.500. The third kappa shape index (κ3) is 3.95. The Hall–Kier alpha value is 0.420. The Morgan fingerprint density at radius 2 is 2.17 bits per heavy atom. The van der Waals surface area contributed by atoms with Crippen LogP contribution >= 0.6 is 46.7 Å². The second-order valence-electron chi connectivity index (χ2n) is 4.21. The molecule has 1 saturated heterocycles. The lowest BCUT2D eigenvalue weighted by Gasteiger charge is -2.29. The summed E-state index contributed by atoms with van der Waals surface area (Å²) in [6.07, 6.45) is 0.881. The van der Waals surface area contributed by atoms with Crippen molar-refractivity contribution in [3.05, 3.63) is 33.8 Å². The Bertz CT molecular complexity index is 398. The van der Waals surface area contributed by atoms with E-state index in [4.69, 9.17) is 29.0 Å². The first kappa shape index (κ1) is 14.8. The summed E-state index contributed by atoms with van der Waals surface area (Å²) in [6, 6.07) is 6.06. The zero-order valence-electron chi connectivity index (χ0n) is 9.86. The van der Waals surface area contributed by atoms with Gasteiger partial charge in [0, 0.05) is 28.6 Å². The maximum atomic E-state index is 6.03. The van der Waals surface area contributed by atoms with Crippen molar-refractivity contribution >= 4 is 46.7 Å². The Morgan fingerprint density at radius 3 is 2.78 bits per heavy atom. The molecule has 2 rings (SSSR count). The lowest BCUT2D eigenvalue weighted by atomic mass is 10.0. The van der Waals surface area contributed by atoms with E-state index in [9.17, 15) is 0 Å². The molecule has 1 aromatic rings. The summed E-state index contributed by atoms with van der Waals surface area (Å²) in [5.41, 5.74) is 4.11. The van der Waals surface area contributed by atoms with Crippen LogP contribution in [0.1, 0.15) is 5.56 Å². The van der Waals surface area contributed by atoms with Crippen molar-refractivity contribution in [3.63, 3.8) is 0 Å². The van der Waals surface area contributed by atoms with Gasteiger partial charge >= 0.3 is 0 Å². The second kappa shape index (κ2) is 7.27. The van der Waals surface area contributed by atoms with Crippen LogP contribution in [0.15, 0.2) is 18.2 Å². The zero-order valence-corrected chi connectivity index (χ0v) is 13.0. The minimum absolute atomic E-state index is 0.278. The number of thioether (sulfide) groups is 2. The molecule has 18 heavy (non-hydrogen) atoms. The molecular weight excluding hydrogens is 307 g/mol. The molecule has 2 nitrogen and oxygen atoms in total. The fourth-order valence-corrected chi connectivity index (χ4v) is 5.15. The molecule has 0 bridgehead atoms. The normalized spacial score (nSPS) is 21.8. The molecule has 0 saturated carbocycles. The van der Waals surface area contributed by atoms with Gasteiger partial charge in [0.15, 0.2) is 0 Å². The van der Waals surface area contributed by atoms with Crippen LogP contribution in [-0.4, -0.2) is 28.6 Å². The molecule has 0 spiro atoms. The van der Waals surface area contributed by atoms with Gasteiger partial charge < -0.3 is 0 Å². The Balaban J connectivity index is 2.02. The van der Waals surface area contributed by atoms with Gasteiger partial charge in [0.2, 0.25) is 0 Å². The van der Waals surface area contributed by atoms with E-state index in [0.29, 0.717) is 15.3 Å². The lowest BCUT2D eigenvalue weighted by molar-refractivity contribution is 0.523. The van der Waals surface area contributed by atoms with E-state index in [1.54, 1.807) is 0 Å². The van der Waals surface area contributed by atoms with Gasteiger partial charge in [-0.05, 0) is 24.1 Å². The minimum atomic E-state index is 0.278. The van der Waals surface area contributed by atoms with Gasteiger partial charge in [-0.25, -0.2) is 0 Å². The number of hydrogen-bond donors (Lipinski definition) is 2. The molecule has 0 aliphatic carbocycles. The molecule has 3 N–H and O–H groups in total. The summed E-state index contributed by atoms with van der Waals surface area (Å²) >= 11 is 16.0. The van der Waals surface area contributed by atoms with Crippen LogP contribution in [0.2, 0.25) is 10.0 Å². The maximum absolute atomic E-state index is 6.03. The molecule has 2 unspecified atom stereocenters. The predicted molar refractivity (Wildman–Crippen MR) is 84.8 cm³/mol. The first-order chi connectivity index (χ1) is 8.70. The van der Waals surface area contributed by atoms with E-state index in [2.05, 4.69) is 5.43 Å². The molecule has 1 heterocycles. The monoisotopic (exact) mass is 322 g/mol. The van der Waals surface area contributed by atoms with Gasteiger partial charge in [0.25, 0.3) is 0 Å². The molecule has 0 amide bonds. The molecule has 1 aromatic carbocycles. The highest BCUT2D eigenvalue weighted by Gasteiger charge is 2.24. The minimum Gasteiger partial charge on any atom is -0.271 e. The van der Waals surface area contributed by atoms with Crippen molar-refractivity contribution in [1.82, 2.24) is 5.43 Å². The third-order valence-corrected chi connectivity index (χ3v) is 6.60. The summed E-state index contributed by atoms with van der Waals surface area (Å²) in [4.78, 5) is 0. The molecule has 1 aliphatic rings. The predicted octanol–water partition coefficient (Wildman–Crippen LogP) is 3.22. The standard InChI is InChI=1S/C12H16Cl2N2S2/c13-9-2-1-8(5-10(9)14)6-11(16-15)12-7-17-3-4-18-12/h1-2,5,11-12,16H,3-4,6-7,15H2. The van der Waals surface area contributed by atoms with Gasteiger partial charge in [-0.15, -0.1) is 0 Å². The largest absolute Gasteiger partial charge is 0.271 e. The molecule has 6 heteroatoms. The van der Waals surface area contributed by atoms with Crippen molar-refractivity contribution in [2.75, 3.05) is 17.3 Å². The van der Waals surface area contributed by atoms with Crippen LogP contribution in [0.3, 0.4) is 0 Å². The quantitative estimate of drug-likeness (QED) is 0.659. The number of nitrogens with one attached hydrogen (secondary N) is 1. The summed E-state index contributed by atoms with van der Waals surface area (Å²) in [6.45, 7) is 0. The summed E-state index contributed by atoms with van der Waals surface area (Å²) in [5.74, 6) is 9.29. The maximum Gasteiger partial charge on any atom is 0.0595 e. The third-order valence-electron chi connectivity index (χ3n) is 2.94. The molecule has 2 atom stereocenters. The van der Waals surface area contributed by atoms with Gasteiger partial charge in [0.05, 0.1) is 10.0 Å². The molecule has 1 aliphatic heterocycles. The Labute approximate surface area is 126 Å². The van der Waals surface area contributed by atoms with Crippen molar-refractivity contribution < 1.29 is 0 Å². The van der Waals surface area contributed by atoms with Gasteiger partial charge in [-0.3, -0.25) is 11.3 Å². The molecule has 0 aromatic heterocycles. The number of hydrogen-bond acceptors (Lipinski definition) is 4. The molecular formula is C12H16Cl2N2S2. The van der Waals surface area contributed by atoms with E-state index in [1.807, 2.05) is 41.7 Å². The van der Waals surface area contributed by atoms with Gasteiger partial charge in [0.1, 0.15) is 0 Å². The number of halogens is 2. The van der Waals surface area contributed by atoms with Crippen LogP contribution in [0.25, 0.3) is 0 Å². The Kier molecular flexibility index (Phi) is 5.98. The molecule has 100 valence electrons. The summed E-state index contributed by atoms with van der Waals surface area (Å²) in [7, 11) is 0. The van der Waals surface area contributed by atoms with Crippen LogP contribution in [-0.2, 0) is 6.42 Å². The number of rotatable bonds is 4. The highest BCUT2D eigenvalue weighted by atomic mass is 35.5. The first-order valence-electron chi connectivity index (χ1n) is 5.80. The summed E-state index contributed by atoms with van der Waals surface area (Å²) < 4.78 is 0. The molecule has 0 radical (unpaired) electrons. The van der Waals surface area contributed by atoms with Crippen LogP contribution in [0.4, 0.5) is 0 Å². The topological polar surface area (TPSA) is 38.0 Å². The highest BCUT2D eigenvalue weighted by Crippen LogP contribution is 2.29. The van der Waals surface area contributed by atoms with Crippen molar-refractivity contribution in [2.24, 2.45) is 5.84 Å².